The summed E-state index contributed by atoms with van der Waals surface area (Å²) in [5, 5.41) is 2.75. The van der Waals surface area contributed by atoms with Crippen LogP contribution in [0.15, 0.2) is 40.9 Å². The smallest absolute Gasteiger partial charge is 0.259 e. The minimum atomic E-state index is -0.332. The topological polar surface area (TPSA) is 38.3 Å². The fourth-order valence-corrected chi connectivity index (χ4v) is 2.15. The molecule has 0 heterocycles. The molecule has 0 unspecified atom stereocenters. The van der Waals surface area contributed by atoms with E-state index in [0.29, 0.717) is 22.6 Å². The van der Waals surface area contributed by atoms with E-state index in [1.807, 2.05) is 0 Å². The Morgan fingerprint density at radius 3 is 2.65 bits per heavy atom. The van der Waals surface area contributed by atoms with Crippen LogP contribution in [0.1, 0.15) is 15.9 Å². The third kappa shape index (κ3) is 3.17. The zero-order valence-electron chi connectivity index (χ0n) is 11.0. The number of benzene rings is 2. The highest BCUT2D eigenvalue weighted by Gasteiger charge is 2.13. The average Bonchev–Trinajstić information content (AvgIpc) is 2.41. The maximum Gasteiger partial charge on any atom is 0.259 e. The van der Waals surface area contributed by atoms with Crippen LogP contribution < -0.4 is 10.1 Å². The van der Waals surface area contributed by atoms with Crippen LogP contribution >= 0.6 is 15.9 Å². The van der Waals surface area contributed by atoms with Crippen molar-refractivity contribution < 1.29 is 13.9 Å². The predicted octanol–water partition coefficient (Wildman–Crippen LogP) is 4.16. The molecule has 0 aliphatic rings. The molecule has 0 saturated carbocycles. The fourth-order valence-electron chi connectivity index (χ4n) is 1.81. The second kappa shape index (κ2) is 6.05. The molecular formula is C15H13BrFNO2. The number of methoxy groups -OCH3 is 1. The molecule has 0 radical (unpaired) electrons. The molecule has 2 aromatic carbocycles. The van der Waals surface area contributed by atoms with Crippen LogP contribution in [0, 0.1) is 12.7 Å². The third-order valence-corrected chi connectivity index (χ3v) is 3.34. The number of ether oxygens (including phenoxy) is 1. The quantitative estimate of drug-likeness (QED) is 0.913. The largest absolute Gasteiger partial charge is 0.496 e. The van der Waals surface area contributed by atoms with Gasteiger partial charge < -0.3 is 10.1 Å². The molecule has 0 atom stereocenters. The SMILES string of the molecule is COc1cc(Br)ccc1C(=O)Nc1ccc(F)cc1C. The first-order chi connectivity index (χ1) is 9.51. The number of hydrogen-bond donors (Lipinski definition) is 1. The van der Waals surface area contributed by atoms with Gasteiger partial charge >= 0.3 is 0 Å². The molecule has 20 heavy (non-hydrogen) atoms. The summed E-state index contributed by atoms with van der Waals surface area (Å²) in [6.45, 7) is 1.73. The van der Waals surface area contributed by atoms with Gasteiger partial charge in [-0.05, 0) is 48.9 Å². The molecule has 0 fully saturated rings. The highest BCUT2D eigenvalue weighted by atomic mass is 79.9. The number of carbonyl (C=O) groups excluding carboxylic acids is 1. The van der Waals surface area contributed by atoms with Crippen LogP contribution in [-0.4, -0.2) is 13.0 Å². The molecule has 5 heteroatoms. The second-order valence-electron chi connectivity index (χ2n) is 4.26. The first-order valence-electron chi connectivity index (χ1n) is 5.92. The lowest BCUT2D eigenvalue weighted by atomic mass is 10.1. The molecule has 0 spiro atoms. The number of rotatable bonds is 3. The van der Waals surface area contributed by atoms with Crippen molar-refractivity contribution in [3.8, 4) is 5.75 Å². The van der Waals surface area contributed by atoms with Crippen LogP contribution in [0.4, 0.5) is 10.1 Å². The normalized spacial score (nSPS) is 10.2. The van der Waals surface area contributed by atoms with E-state index in [9.17, 15) is 9.18 Å². The van der Waals surface area contributed by atoms with Gasteiger partial charge in [0.25, 0.3) is 5.91 Å². The Kier molecular flexibility index (Phi) is 4.39. The number of hydrogen-bond acceptors (Lipinski definition) is 2. The third-order valence-electron chi connectivity index (χ3n) is 2.84. The zero-order chi connectivity index (χ0) is 14.7. The van der Waals surface area contributed by atoms with Gasteiger partial charge in [0, 0.05) is 10.2 Å². The Bertz CT molecular complexity index is 658. The van der Waals surface area contributed by atoms with Gasteiger partial charge in [-0.3, -0.25) is 4.79 Å². The van der Waals surface area contributed by atoms with Gasteiger partial charge in [0.2, 0.25) is 0 Å². The number of halogens is 2. The molecule has 2 rings (SSSR count). The maximum absolute atomic E-state index is 13.0. The number of amides is 1. The minimum Gasteiger partial charge on any atom is -0.496 e. The first-order valence-corrected chi connectivity index (χ1v) is 6.71. The van der Waals surface area contributed by atoms with Gasteiger partial charge in [0.05, 0.1) is 12.7 Å². The van der Waals surface area contributed by atoms with E-state index < -0.39 is 0 Å². The molecule has 1 amide bonds. The average molecular weight is 338 g/mol. The Balaban J connectivity index is 2.28. The summed E-state index contributed by atoms with van der Waals surface area (Å²) in [4.78, 5) is 12.2. The van der Waals surface area contributed by atoms with Crippen molar-refractivity contribution >= 4 is 27.5 Å². The van der Waals surface area contributed by atoms with E-state index in [4.69, 9.17) is 4.74 Å². The number of aryl methyl sites for hydroxylation is 1. The van der Waals surface area contributed by atoms with Crippen molar-refractivity contribution in [2.24, 2.45) is 0 Å². The van der Waals surface area contributed by atoms with Crippen molar-refractivity contribution in [3.05, 3.63) is 57.8 Å². The first kappa shape index (κ1) is 14.5. The highest BCUT2D eigenvalue weighted by Crippen LogP contribution is 2.25. The Morgan fingerprint density at radius 2 is 2.00 bits per heavy atom. The molecule has 0 aromatic heterocycles. The highest BCUT2D eigenvalue weighted by molar-refractivity contribution is 9.10. The summed E-state index contributed by atoms with van der Waals surface area (Å²) < 4.78 is 19.0. The van der Waals surface area contributed by atoms with Gasteiger partial charge in [-0.1, -0.05) is 15.9 Å². The van der Waals surface area contributed by atoms with Crippen LogP contribution in [-0.2, 0) is 0 Å². The lowest BCUT2D eigenvalue weighted by molar-refractivity contribution is 0.102. The molecule has 3 nitrogen and oxygen atoms in total. The monoisotopic (exact) mass is 337 g/mol. The summed E-state index contributed by atoms with van der Waals surface area (Å²) in [6.07, 6.45) is 0. The number of carbonyl (C=O) groups is 1. The molecular weight excluding hydrogens is 325 g/mol. The predicted molar refractivity (Wildman–Crippen MR) is 79.8 cm³/mol. The lowest BCUT2D eigenvalue weighted by Crippen LogP contribution is -2.14. The van der Waals surface area contributed by atoms with E-state index in [2.05, 4.69) is 21.2 Å². The van der Waals surface area contributed by atoms with Crippen LogP contribution in [0.5, 0.6) is 5.75 Å². The van der Waals surface area contributed by atoms with Gasteiger partial charge in [0.15, 0.2) is 0 Å². The van der Waals surface area contributed by atoms with Crippen LogP contribution in [0.3, 0.4) is 0 Å². The molecule has 0 aliphatic heterocycles. The summed E-state index contributed by atoms with van der Waals surface area (Å²) in [7, 11) is 1.50. The molecule has 1 N–H and O–H groups in total. The van der Waals surface area contributed by atoms with E-state index >= 15 is 0 Å². The van der Waals surface area contributed by atoms with Crippen molar-refractivity contribution in [1.82, 2.24) is 0 Å². The second-order valence-corrected chi connectivity index (χ2v) is 5.17. The lowest BCUT2D eigenvalue weighted by Gasteiger charge is -2.11. The minimum absolute atomic E-state index is 0.302. The van der Waals surface area contributed by atoms with Crippen molar-refractivity contribution in [2.75, 3.05) is 12.4 Å². The molecule has 2 aromatic rings. The summed E-state index contributed by atoms with van der Waals surface area (Å²) in [6, 6.07) is 9.35. The van der Waals surface area contributed by atoms with Gasteiger partial charge in [-0.15, -0.1) is 0 Å². The summed E-state index contributed by atoms with van der Waals surface area (Å²) in [5.41, 5.74) is 1.65. The summed E-state index contributed by atoms with van der Waals surface area (Å²) in [5.74, 6) is -0.164. The Labute approximate surface area is 124 Å². The van der Waals surface area contributed by atoms with E-state index in [1.54, 1.807) is 25.1 Å². The van der Waals surface area contributed by atoms with Crippen LogP contribution in [0.25, 0.3) is 0 Å². The van der Waals surface area contributed by atoms with Gasteiger partial charge in [0.1, 0.15) is 11.6 Å². The van der Waals surface area contributed by atoms with Crippen molar-refractivity contribution in [2.45, 2.75) is 6.92 Å². The van der Waals surface area contributed by atoms with E-state index in [-0.39, 0.29) is 11.7 Å². The van der Waals surface area contributed by atoms with Crippen LogP contribution in [0.2, 0.25) is 0 Å². The Hall–Kier alpha value is -1.88. The molecule has 104 valence electrons. The molecule has 0 saturated heterocycles. The zero-order valence-corrected chi connectivity index (χ0v) is 12.6. The number of anilines is 1. The molecule has 0 bridgehead atoms. The maximum atomic E-state index is 13.0. The Morgan fingerprint density at radius 1 is 1.25 bits per heavy atom. The standard InChI is InChI=1S/C15H13BrFNO2/c1-9-7-11(17)4-6-13(9)18-15(19)12-5-3-10(16)8-14(12)20-2/h3-8H,1-2H3,(H,18,19). The van der Waals surface area contributed by atoms with Crippen molar-refractivity contribution in [3.63, 3.8) is 0 Å². The van der Waals surface area contributed by atoms with Gasteiger partial charge in [-0.2, -0.15) is 0 Å². The van der Waals surface area contributed by atoms with E-state index in [1.165, 1.54) is 25.3 Å². The van der Waals surface area contributed by atoms with E-state index in [0.717, 1.165) is 4.47 Å². The fraction of sp³-hybridized carbons (Fsp3) is 0.133. The van der Waals surface area contributed by atoms with Crippen molar-refractivity contribution in [1.29, 1.82) is 0 Å². The number of nitrogens with one attached hydrogen (secondary N) is 1. The molecule has 0 aliphatic carbocycles. The van der Waals surface area contributed by atoms with Gasteiger partial charge in [-0.25, -0.2) is 4.39 Å². The summed E-state index contributed by atoms with van der Waals surface area (Å²) >= 11 is 3.32.